The number of Topliss-reactive ketones (excluding diaryl/α,β-unsaturated/α-hetero) is 1. The predicted octanol–water partition coefficient (Wildman–Crippen LogP) is 7.06. The summed E-state index contributed by atoms with van der Waals surface area (Å²) in [5.74, 6) is -4.68. The van der Waals surface area contributed by atoms with E-state index in [4.69, 9.17) is 5.73 Å². The monoisotopic (exact) mass is 652 g/mol. The molecule has 2 aromatic carbocycles. The molecule has 9 heteroatoms. The molecule has 0 radical (unpaired) electrons. The number of rotatable bonds is 24. The zero-order chi connectivity index (χ0) is 34.7. The van der Waals surface area contributed by atoms with Crippen molar-refractivity contribution in [2.75, 3.05) is 0 Å². The lowest BCUT2D eigenvalue weighted by molar-refractivity contribution is -0.167. The second kappa shape index (κ2) is 21.1. The molecule has 0 saturated heterocycles. The maximum atomic E-state index is 14.2. The molecule has 0 aliphatic carbocycles. The molecule has 5 N–H and O–H groups in total. The van der Waals surface area contributed by atoms with Crippen LogP contribution in [0.2, 0.25) is 0 Å². The van der Waals surface area contributed by atoms with Gasteiger partial charge in [0.05, 0.1) is 5.92 Å². The summed E-state index contributed by atoms with van der Waals surface area (Å²) in [6, 6.07) is 12.0. The number of allylic oxidation sites excluding steroid dienone is 1. The van der Waals surface area contributed by atoms with Crippen LogP contribution in [-0.4, -0.2) is 45.4 Å². The number of primary amides is 1. The smallest absolute Gasteiger partial charge is 0.336 e. The average molecular weight is 653 g/mol. The van der Waals surface area contributed by atoms with Gasteiger partial charge in [-0.1, -0.05) is 113 Å². The summed E-state index contributed by atoms with van der Waals surface area (Å²) in [5.41, 5.74) is 4.96. The Morgan fingerprint density at radius 1 is 0.872 bits per heavy atom. The summed E-state index contributed by atoms with van der Waals surface area (Å²) in [6.45, 7) is 3.88. The highest BCUT2D eigenvalue weighted by atomic mass is 19.1. The van der Waals surface area contributed by atoms with Gasteiger partial charge in [0.1, 0.15) is 17.6 Å². The van der Waals surface area contributed by atoms with Crippen molar-refractivity contribution in [3.63, 3.8) is 0 Å². The van der Waals surface area contributed by atoms with Crippen molar-refractivity contribution < 1.29 is 33.8 Å². The van der Waals surface area contributed by atoms with E-state index in [9.17, 15) is 33.8 Å². The molecule has 0 aromatic heterocycles. The van der Waals surface area contributed by atoms with E-state index in [1.54, 1.807) is 55.5 Å². The third-order valence-electron chi connectivity index (χ3n) is 8.50. The molecule has 0 fully saturated rings. The summed E-state index contributed by atoms with van der Waals surface area (Å²) < 4.78 is 14.2. The van der Waals surface area contributed by atoms with Crippen molar-refractivity contribution in [2.24, 2.45) is 11.7 Å². The molecule has 0 unspecified atom stereocenters. The van der Waals surface area contributed by atoms with Crippen molar-refractivity contribution in [2.45, 2.75) is 122 Å². The van der Waals surface area contributed by atoms with E-state index in [1.807, 2.05) is 0 Å². The second-order valence-corrected chi connectivity index (χ2v) is 12.4. The van der Waals surface area contributed by atoms with Crippen LogP contribution in [0.4, 0.5) is 4.39 Å². The van der Waals surface area contributed by atoms with Crippen LogP contribution < -0.4 is 11.1 Å². The Hall–Kier alpha value is -3.85. The van der Waals surface area contributed by atoms with Gasteiger partial charge in [-0.3, -0.25) is 14.4 Å². The number of aliphatic hydroxyl groups is 1. The molecule has 0 aliphatic rings. The van der Waals surface area contributed by atoms with Crippen molar-refractivity contribution in [3.05, 3.63) is 72.1 Å². The van der Waals surface area contributed by atoms with Gasteiger partial charge in [-0.05, 0) is 49.3 Å². The first-order chi connectivity index (χ1) is 22.5. The van der Waals surface area contributed by atoms with Gasteiger partial charge in [-0.15, -0.1) is 0 Å². The van der Waals surface area contributed by atoms with E-state index >= 15 is 0 Å². The molecule has 2 rings (SSSR count). The number of amides is 2. The normalized spacial score (nSPS) is 14.0. The van der Waals surface area contributed by atoms with Gasteiger partial charge in [0, 0.05) is 24.8 Å². The minimum Gasteiger partial charge on any atom is -0.479 e. The predicted molar refractivity (Wildman–Crippen MR) is 183 cm³/mol. The Morgan fingerprint density at radius 2 is 1.49 bits per heavy atom. The molecule has 3 atom stereocenters. The van der Waals surface area contributed by atoms with Gasteiger partial charge in [-0.25, -0.2) is 9.18 Å². The number of benzene rings is 2. The molecule has 0 aliphatic heterocycles. The SMILES string of the molecule is CCCCCCCC(=O)CCCCCC/C=C/[C@H](C(=O)N[C@@H](Cc1ccc(-c2ccccc2F)cc1)C(N)=O)[C@@](O)(CCC)C(=O)O. The molecular formula is C38H53FN2O6. The highest BCUT2D eigenvalue weighted by molar-refractivity contribution is 5.93. The molecule has 0 spiro atoms. The first-order valence-electron chi connectivity index (χ1n) is 17.1. The van der Waals surface area contributed by atoms with Gasteiger partial charge in [0.2, 0.25) is 11.8 Å². The molecule has 0 heterocycles. The fourth-order valence-corrected chi connectivity index (χ4v) is 5.70. The average Bonchev–Trinajstić information content (AvgIpc) is 3.04. The maximum Gasteiger partial charge on any atom is 0.336 e. The number of ketones is 1. The number of hydrogen-bond donors (Lipinski definition) is 4. The molecule has 258 valence electrons. The van der Waals surface area contributed by atoms with Gasteiger partial charge >= 0.3 is 5.97 Å². The Labute approximate surface area is 279 Å². The number of hydrogen-bond acceptors (Lipinski definition) is 5. The lowest BCUT2D eigenvalue weighted by Crippen LogP contribution is -2.55. The quantitative estimate of drug-likeness (QED) is 0.0705. The summed E-state index contributed by atoms with van der Waals surface area (Å²) >= 11 is 0. The summed E-state index contributed by atoms with van der Waals surface area (Å²) in [5, 5.41) is 23.7. The highest BCUT2D eigenvalue weighted by Gasteiger charge is 2.46. The molecule has 0 bridgehead atoms. The largest absolute Gasteiger partial charge is 0.479 e. The Bertz CT molecular complexity index is 1310. The van der Waals surface area contributed by atoms with Gasteiger partial charge < -0.3 is 21.3 Å². The fourth-order valence-electron chi connectivity index (χ4n) is 5.70. The molecular weight excluding hydrogens is 599 g/mol. The van der Waals surface area contributed by atoms with Crippen molar-refractivity contribution >= 4 is 23.6 Å². The lowest BCUT2D eigenvalue weighted by atomic mass is 9.82. The van der Waals surface area contributed by atoms with E-state index in [2.05, 4.69) is 12.2 Å². The Morgan fingerprint density at radius 3 is 2.06 bits per heavy atom. The third kappa shape index (κ3) is 13.4. The number of nitrogens with one attached hydrogen (secondary N) is 1. The van der Waals surface area contributed by atoms with E-state index in [0.29, 0.717) is 48.2 Å². The molecule has 47 heavy (non-hydrogen) atoms. The standard InChI is InChI=1S/C38H53FN2O6/c1-3-5-6-9-12-17-30(42)18-13-10-7-8-11-14-20-32(38(47,26-4-2)37(45)46)36(44)41-34(35(40)43)27-28-22-24-29(25-23-28)31-19-15-16-21-33(31)39/h14-16,19-25,32,34,47H,3-13,17-18,26-27H2,1-2H3,(H2,40,43)(H,41,44)(H,45,46)/b20-14+/t32-,34+,38+/m1/s1. The van der Waals surface area contributed by atoms with Crippen LogP contribution in [0.15, 0.2) is 60.7 Å². The highest BCUT2D eigenvalue weighted by Crippen LogP contribution is 2.27. The second-order valence-electron chi connectivity index (χ2n) is 12.4. The van der Waals surface area contributed by atoms with Crippen molar-refractivity contribution in [3.8, 4) is 11.1 Å². The van der Waals surface area contributed by atoms with Crippen LogP contribution in [-0.2, 0) is 25.6 Å². The molecule has 8 nitrogen and oxygen atoms in total. The Kier molecular flexibility index (Phi) is 17.7. The van der Waals surface area contributed by atoms with Crippen LogP contribution in [0.25, 0.3) is 11.1 Å². The van der Waals surface area contributed by atoms with E-state index in [0.717, 1.165) is 38.5 Å². The third-order valence-corrected chi connectivity index (χ3v) is 8.50. The minimum atomic E-state index is -2.38. The molecule has 2 amide bonds. The van der Waals surface area contributed by atoms with Gasteiger partial charge in [0.25, 0.3) is 0 Å². The number of aliphatic carboxylic acids is 1. The van der Waals surface area contributed by atoms with Gasteiger partial charge in [-0.2, -0.15) is 0 Å². The zero-order valence-corrected chi connectivity index (χ0v) is 28.0. The molecule has 0 saturated carbocycles. The number of unbranched alkanes of at least 4 members (excludes halogenated alkanes) is 8. The number of nitrogens with two attached hydrogens (primary N) is 1. The summed E-state index contributed by atoms with van der Waals surface area (Å²) in [4.78, 5) is 50.1. The summed E-state index contributed by atoms with van der Waals surface area (Å²) in [7, 11) is 0. The van der Waals surface area contributed by atoms with Crippen molar-refractivity contribution in [1.29, 1.82) is 0 Å². The van der Waals surface area contributed by atoms with E-state index in [1.165, 1.54) is 31.4 Å². The minimum absolute atomic E-state index is 0.0235. The summed E-state index contributed by atoms with van der Waals surface area (Å²) in [6.07, 6.45) is 14.1. The lowest BCUT2D eigenvalue weighted by Gasteiger charge is -2.30. The Balaban J connectivity index is 1.99. The molecule has 2 aromatic rings. The van der Waals surface area contributed by atoms with Gasteiger partial charge in [0.15, 0.2) is 5.60 Å². The number of carboxylic acid groups (broad SMARTS) is 1. The maximum absolute atomic E-state index is 14.2. The number of carboxylic acids is 1. The van der Waals surface area contributed by atoms with Crippen LogP contribution in [0.3, 0.4) is 0 Å². The topological polar surface area (TPSA) is 147 Å². The van der Waals surface area contributed by atoms with E-state index < -0.39 is 35.3 Å². The number of carbonyl (C=O) groups is 4. The first kappa shape index (κ1) is 39.3. The van der Waals surface area contributed by atoms with Crippen LogP contribution >= 0.6 is 0 Å². The number of halogens is 1. The number of carbonyl (C=O) groups excluding carboxylic acids is 3. The van der Waals surface area contributed by atoms with Crippen LogP contribution in [0.5, 0.6) is 0 Å². The van der Waals surface area contributed by atoms with E-state index in [-0.39, 0.29) is 18.7 Å². The first-order valence-corrected chi connectivity index (χ1v) is 17.1. The van der Waals surface area contributed by atoms with Crippen LogP contribution in [0, 0.1) is 11.7 Å². The fraction of sp³-hybridized carbons (Fsp3) is 0.526. The zero-order valence-electron chi connectivity index (χ0n) is 28.0. The van der Waals surface area contributed by atoms with Crippen LogP contribution in [0.1, 0.15) is 109 Å². The van der Waals surface area contributed by atoms with Crippen molar-refractivity contribution in [1.82, 2.24) is 5.32 Å².